The summed E-state index contributed by atoms with van der Waals surface area (Å²) >= 11 is 0. The highest BCUT2D eigenvalue weighted by molar-refractivity contribution is 5.37. The fourth-order valence-corrected chi connectivity index (χ4v) is 2.25. The smallest absolute Gasteiger partial charge is 0.161 e. The van der Waals surface area contributed by atoms with Crippen molar-refractivity contribution in [3.63, 3.8) is 0 Å². The summed E-state index contributed by atoms with van der Waals surface area (Å²) in [6.45, 7) is 0. The maximum absolute atomic E-state index is 9.84. The molecule has 1 aliphatic rings. The van der Waals surface area contributed by atoms with Gasteiger partial charge in [-0.15, -0.1) is 0 Å². The topological polar surface area (TPSA) is 99.7 Å². The lowest BCUT2D eigenvalue weighted by molar-refractivity contribution is 0.0133. The summed E-state index contributed by atoms with van der Waals surface area (Å²) in [7, 11) is 0. The Kier molecular flexibility index (Phi) is 2.85. The molecule has 96 valence electrons. The van der Waals surface area contributed by atoms with Gasteiger partial charge in [0.1, 0.15) is 11.9 Å². The second kappa shape index (κ2) is 4.66. The molecule has 0 saturated heterocycles. The predicted octanol–water partition coefficient (Wildman–Crippen LogP) is 0.331. The van der Waals surface area contributed by atoms with Crippen LogP contribution in [0.15, 0.2) is 30.9 Å². The summed E-state index contributed by atoms with van der Waals surface area (Å²) in [5.74, 6) is 0.535. The SMILES string of the molecule is N#Cc1cncc(N[C@H]2C[C@@H](O)[C@@H]2n2cccn2)n1. The van der Waals surface area contributed by atoms with Gasteiger partial charge in [0, 0.05) is 12.4 Å². The highest BCUT2D eigenvalue weighted by Gasteiger charge is 2.42. The molecule has 19 heavy (non-hydrogen) atoms. The number of anilines is 1. The van der Waals surface area contributed by atoms with E-state index in [4.69, 9.17) is 5.26 Å². The molecule has 3 atom stereocenters. The highest BCUT2D eigenvalue weighted by atomic mass is 16.3. The summed E-state index contributed by atoms with van der Waals surface area (Å²) < 4.78 is 1.73. The van der Waals surface area contributed by atoms with Crippen molar-refractivity contribution in [3.05, 3.63) is 36.5 Å². The zero-order valence-electron chi connectivity index (χ0n) is 10.0. The first-order chi connectivity index (χ1) is 9.28. The molecule has 0 amide bonds. The van der Waals surface area contributed by atoms with Crippen LogP contribution in [0.3, 0.4) is 0 Å². The Balaban J connectivity index is 1.75. The van der Waals surface area contributed by atoms with Gasteiger partial charge in [0.25, 0.3) is 0 Å². The van der Waals surface area contributed by atoms with Gasteiger partial charge in [0.2, 0.25) is 0 Å². The van der Waals surface area contributed by atoms with E-state index in [1.807, 2.05) is 18.3 Å². The Morgan fingerprint density at radius 1 is 1.47 bits per heavy atom. The highest BCUT2D eigenvalue weighted by Crippen LogP contribution is 2.34. The monoisotopic (exact) mass is 256 g/mol. The molecule has 0 aromatic carbocycles. The van der Waals surface area contributed by atoms with Crippen molar-refractivity contribution in [2.24, 2.45) is 0 Å². The van der Waals surface area contributed by atoms with Gasteiger partial charge in [-0.3, -0.25) is 9.67 Å². The van der Waals surface area contributed by atoms with Crippen molar-refractivity contribution in [1.82, 2.24) is 19.7 Å². The van der Waals surface area contributed by atoms with Crippen LogP contribution in [0.5, 0.6) is 0 Å². The molecule has 1 aliphatic carbocycles. The van der Waals surface area contributed by atoms with E-state index in [-0.39, 0.29) is 17.8 Å². The van der Waals surface area contributed by atoms with Gasteiger partial charge in [-0.2, -0.15) is 10.4 Å². The fraction of sp³-hybridized carbons (Fsp3) is 0.333. The number of rotatable bonds is 3. The van der Waals surface area contributed by atoms with Crippen molar-refractivity contribution >= 4 is 5.82 Å². The first-order valence-electron chi connectivity index (χ1n) is 5.94. The molecule has 1 fully saturated rings. The van der Waals surface area contributed by atoms with E-state index in [9.17, 15) is 5.11 Å². The number of nitrogens with one attached hydrogen (secondary N) is 1. The van der Waals surface area contributed by atoms with Crippen LogP contribution < -0.4 is 5.32 Å². The summed E-state index contributed by atoms with van der Waals surface area (Å²) in [6.07, 6.45) is 6.65. The minimum absolute atomic E-state index is 0.0261. The van der Waals surface area contributed by atoms with Crippen LogP contribution in [-0.2, 0) is 0 Å². The number of aromatic nitrogens is 4. The summed E-state index contributed by atoms with van der Waals surface area (Å²) in [6, 6.07) is 3.66. The van der Waals surface area contributed by atoms with E-state index in [0.717, 1.165) is 0 Å². The van der Waals surface area contributed by atoms with Gasteiger partial charge in [0.05, 0.1) is 30.6 Å². The largest absolute Gasteiger partial charge is 0.391 e. The first kappa shape index (κ1) is 11.6. The second-order valence-electron chi connectivity index (χ2n) is 4.43. The first-order valence-corrected chi connectivity index (χ1v) is 5.94. The third kappa shape index (κ3) is 2.13. The van der Waals surface area contributed by atoms with Crippen LogP contribution in [0.4, 0.5) is 5.82 Å². The predicted molar refractivity (Wildman–Crippen MR) is 66.0 cm³/mol. The summed E-state index contributed by atoms with van der Waals surface area (Å²) in [5, 5.41) is 25.9. The molecule has 0 spiro atoms. The Morgan fingerprint density at radius 3 is 3.05 bits per heavy atom. The van der Waals surface area contributed by atoms with Crippen LogP contribution >= 0.6 is 0 Å². The molecule has 2 aromatic rings. The Bertz CT molecular complexity index is 605. The van der Waals surface area contributed by atoms with Gasteiger partial charge in [0.15, 0.2) is 5.69 Å². The van der Waals surface area contributed by atoms with Crippen molar-refractivity contribution in [2.45, 2.75) is 24.6 Å². The zero-order chi connectivity index (χ0) is 13.2. The number of hydrogen-bond donors (Lipinski definition) is 2. The van der Waals surface area contributed by atoms with E-state index in [2.05, 4.69) is 20.4 Å². The number of aliphatic hydroxyl groups excluding tert-OH is 1. The van der Waals surface area contributed by atoms with E-state index in [1.54, 1.807) is 17.1 Å². The molecule has 0 unspecified atom stereocenters. The molecule has 0 aliphatic heterocycles. The lowest BCUT2D eigenvalue weighted by Crippen LogP contribution is -2.51. The Hall–Kier alpha value is -2.46. The van der Waals surface area contributed by atoms with Crippen molar-refractivity contribution in [1.29, 1.82) is 5.26 Å². The number of nitriles is 1. The maximum atomic E-state index is 9.84. The molecule has 3 rings (SSSR count). The van der Waals surface area contributed by atoms with E-state index in [0.29, 0.717) is 12.2 Å². The molecule has 0 bridgehead atoms. The van der Waals surface area contributed by atoms with Crippen molar-refractivity contribution in [3.8, 4) is 6.07 Å². The van der Waals surface area contributed by atoms with Gasteiger partial charge < -0.3 is 10.4 Å². The van der Waals surface area contributed by atoms with Gasteiger partial charge in [-0.05, 0) is 12.5 Å². The average Bonchev–Trinajstić information content (AvgIpc) is 2.91. The van der Waals surface area contributed by atoms with Crippen LogP contribution in [0.1, 0.15) is 18.2 Å². The lowest BCUT2D eigenvalue weighted by Gasteiger charge is -2.42. The minimum atomic E-state index is -0.426. The summed E-state index contributed by atoms with van der Waals surface area (Å²) in [4.78, 5) is 8.05. The van der Waals surface area contributed by atoms with Crippen LogP contribution in [0.2, 0.25) is 0 Å². The molecule has 7 heteroatoms. The molecule has 2 heterocycles. The average molecular weight is 256 g/mol. The Morgan fingerprint density at radius 2 is 2.37 bits per heavy atom. The number of nitrogens with zero attached hydrogens (tertiary/aromatic N) is 5. The van der Waals surface area contributed by atoms with Crippen LogP contribution in [0, 0.1) is 11.3 Å². The van der Waals surface area contributed by atoms with Crippen molar-refractivity contribution < 1.29 is 5.11 Å². The van der Waals surface area contributed by atoms with Gasteiger partial charge >= 0.3 is 0 Å². The molecule has 0 radical (unpaired) electrons. The molecule has 7 nitrogen and oxygen atoms in total. The normalized spacial score (nSPS) is 25.4. The third-order valence-electron chi connectivity index (χ3n) is 3.21. The molecular weight excluding hydrogens is 244 g/mol. The van der Waals surface area contributed by atoms with Crippen molar-refractivity contribution in [2.75, 3.05) is 5.32 Å². The third-order valence-corrected chi connectivity index (χ3v) is 3.21. The number of aliphatic hydroxyl groups is 1. The van der Waals surface area contributed by atoms with Gasteiger partial charge in [-0.1, -0.05) is 0 Å². The van der Waals surface area contributed by atoms with E-state index < -0.39 is 6.10 Å². The molecular formula is C12H12N6O. The standard InChI is InChI=1S/C12H12N6O/c13-5-8-6-14-7-11(16-8)17-9-4-10(19)12(9)18-3-1-2-15-18/h1-3,6-7,9-10,12,19H,4H2,(H,16,17)/t9-,10+,12+/m0/s1. The summed E-state index contributed by atoms with van der Waals surface area (Å²) in [5.41, 5.74) is 0.264. The second-order valence-corrected chi connectivity index (χ2v) is 4.43. The molecule has 2 aromatic heterocycles. The quantitative estimate of drug-likeness (QED) is 0.821. The van der Waals surface area contributed by atoms with Crippen LogP contribution in [-0.4, -0.2) is 37.0 Å². The fourth-order valence-electron chi connectivity index (χ4n) is 2.25. The van der Waals surface area contributed by atoms with Gasteiger partial charge in [-0.25, -0.2) is 4.98 Å². The number of hydrogen-bond acceptors (Lipinski definition) is 6. The molecule has 1 saturated carbocycles. The van der Waals surface area contributed by atoms with E-state index >= 15 is 0 Å². The maximum Gasteiger partial charge on any atom is 0.161 e. The van der Waals surface area contributed by atoms with Crippen LogP contribution in [0.25, 0.3) is 0 Å². The van der Waals surface area contributed by atoms with E-state index in [1.165, 1.54) is 6.20 Å². The Labute approximate surface area is 109 Å². The lowest BCUT2D eigenvalue weighted by atomic mass is 9.83. The molecule has 2 N–H and O–H groups in total. The zero-order valence-corrected chi connectivity index (χ0v) is 10.0. The minimum Gasteiger partial charge on any atom is -0.391 e.